The van der Waals surface area contributed by atoms with E-state index < -0.39 is 29.4 Å². The molecule has 0 atom stereocenters. The van der Waals surface area contributed by atoms with E-state index in [-0.39, 0.29) is 34.8 Å². The molecule has 1 heterocycles. The highest BCUT2D eigenvalue weighted by Crippen LogP contribution is 2.44. The molecule has 33 heavy (non-hydrogen) atoms. The second-order valence-corrected chi connectivity index (χ2v) is 7.17. The lowest BCUT2D eigenvalue weighted by Gasteiger charge is -2.17. The molecule has 5 nitrogen and oxygen atoms in total. The van der Waals surface area contributed by atoms with Crippen molar-refractivity contribution in [3.05, 3.63) is 47.3 Å². The zero-order valence-electron chi connectivity index (χ0n) is 18.2. The van der Waals surface area contributed by atoms with Gasteiger partial charge in [-0.1, -0.05) is 13.3 Å². The second kappa shape index (κ2) is 10.1. The second-order valence-electron chi connectivity index (χ2n) is 7.17. The van der Waals surface area contributed by atoms with Crippen molar-refractivity contribution in [2.45, 2.75) is 39.0 Å². The van der Waals surface area contributed by atoms with Crippen LogP contribution in [-0.4, -0.2) is 34.4 Å². The van der Waals surface area contributed by atoms with Crippen LogP contribution in [0, 0.1) is 0 Å². The van der Waals surface area contributed by atoms with Crippen LogP contribution < -0.4 is 4.74 Å². The number of unbranched alkanes of at least 4 members (excludes halogenated alkanes) is 1. The van der Waals surface area contributed by atoms with Crippen LogP contribution >= 0.6 is 0 Å². The summed E-state index contributed by atoms with van der Waals surface area (Å²) in [4.78, 5) is 3.53. The van der Waals surface area contributed by atoms with Crippen molar-refractivity contribution in [3.8, 4) is 22.8 Å². The van der Waals surface area contributed by atoms with Crippen molar-refractivity contribution in [1.29, 1.82) is 0 Å². The SMILES string of the molecule is C=N/C=C(\C=C(/C)C(F)(F)F)c1c(OCCCC)ccc(-c2cc(C(F)(F)F)nn2C)c1O. The summed E-state index contributed by atoms with van der Waals surface area (Å²) in [5, 5.41) is 14.4. The number of ether oxygens (including phenoxy) is 1. The lowest BCUT2D eigenvalue weighted by atomic mass is 9.97. The van der Waals surface area contributed by atoms with Gasteiger partial charge in [0.1, 0.15) is 11.5 Å². The monoisotopic (exact) mass is 475 g/mol. The van der Waals surface area contributed by atoms with Gasteiger partial charge in [0.2, 0.25) is 0 Å². The van der Waals surface area contributed by atoms with E-state index in [0.717, 1.165) is 36.4 Å². The first-order valence-corrected chi connectivity index (χ1v) is 9.83. The van der Waals surface area contributed by atoms with Crippen LogP contribution in [0.4, 0.5) is 26.3 Å². The maximum absolute atomic E-state index is 13.2. The number of aliphatic imine (C=N–C) groups is 1. The summed E-state index contributed by atoms with van der Waals surface area (Å²) in [6, 6.07) is 3.42. The Morgan fingerprint density at radius 3 is 2.42 bits per heavy atom. The third kappa shape index (κ3) is 6.17. The quantitative estimate of drug-likeness (QED) is 0.204. The van der Waals surface area contributed by atoms with Crippen molar-refractivity contribution in [1.82, 2.24) is 9.78 Å². The normalized spacial score (nSPS) is 13.4. The highest BCUT2D eigenvalue weighted by molar-refractivity contribution is 5.87. The van der Waals surface area contributed by atoms with Crippen molar-refractivity contribution >= 4 is 12.3 Å². The Kier molecular flexibility index (Phi) is 7.99. The molecule has 180 valence electrons. The lowest BCUT2D eigenvalue weighted by molar-refractivity contribution is -0.141. The van der Waals surface area contributed by atoms with Gasteiger partial charge in [-0.3, -0.25) is 9.67 Å². The van der Waals surface area contributed by atoms with Crippen LogP contribution in [0.2, 0.25) is 0 Å². The molecule has 2 rings (SSSR count). The van der Waals surface area contributed by atoms with Crippen LogP contribution in [-0.2, 0) is 13.2 Å². The van der Waals surface area contributed by atoms with Gasteiger partial charge >= 0.3 is 12.4 Å². The zero-order valence-corrected chi connectivity index (χ0v) is 18.2. The standard InChI is InChI=1S/C22H23F6N3O2/c1-5-6-9-33-17-8-7-15(16-11-18(22(26,27)28)30-31(16)4)20(32)19(17)14(12-29-3)10-13(2)21(23,24)25/h7-8,10-12,32H,3,5-6,9H2,1-2,4H3/b13-10+,14-12+. The number of aromatic nitrogens is 2. The fourth-order valence-corrected chi connectivity index (χ4v) is 2.95. The topological polar surface area (TPSA) is 59.6 Å². The molecule has 0 radical (unpaired) electrons. The Bertz CT molecular complexity index is 1070. The highest BCUT2D eigenvalue weighted by atomic mass is 19.4. The largest absolute Gasteiger partial charge is 0.506 e. The number of alkyl halides is 6. The van der Waals surface area contributed by atoms with E-state index in [9.17, 15) is 31.4 Å². The van der Waals surface area contributed by atoms with E-state index in [1.54, 1.807) is 0 Å². The number of hydrogen-bond acceptors (Lipinski definition) is 4. The van der Waals surface area contributed by atoms with E-state index in [1.165, 1.54) is 19.2 Å². The molecule has 0 amide bonds. The Labute approximate surface area is 186 Å². The minimum Gasteiger partial charge on any atom is -0.506 e. The van der Waals surface area contributed by atoms with E-state index in [2.05, 4.69) is 16.8 Å². The molecule has 1 aromatic heterocycles. The lowest BCUT2D eigenvalue weighted by Crippen LogP contribution is -2.09. The number of phenolic OH excluding ortho intramolecular Hbond substituents is 1. The van der Waals surface area contributed by atoms with Crippen molar-refractivity contribution < 1.29 is 36.2 Å². The maximum Gasteiger partial charge on any atom is 0.435 e. The fraction of sp³-hybridized carbons (Fsp3) is 0.364. The molecule has 0 saturated heterocycles. The molecule has 2 aromatic rings. The summed E-state index contributed by atoms with van der Waals surface area (Å²) in [7, 11) is 1.26. The Balaban J connectivity index is 2.77. The molecule has 0 fully saturated rings. The number of aryl methyl sites for hydroxylation is 1. The predicted molar refractivity (Wildman–Crippen MR) is 113 cm³/mol. The number of benzene rings is 1. The molecular formula is C22H23F6N3O2. The zero-order chi connectivity index (χ0) is 25.0. The summed E-state index contributed by atoms with van der Waals surface area (Å²) in [5.74, 6) is -0.536. The molecule has 0 spiro atoms. The third-order valence-electron chi connectivity index (χ3n) is 4.68. The molecule has 0 aliphatic carbocycles. The van der Waals surface area contributed by atoms with Gasteiger partial charge in [0.15, 0.2) is 5.69 Å². The molecule has 1 aromatic carbocycles. The van der Waals surface area contributed by atoms with Gasteiger partial charge in [-0.05, 0) is 44.3 Å². The first kappa shape index (κ1) is 26.0. The van der Waals surface area contributed by atoms with Crippen LogP contribution in [0.1, 0.15) is 37.9 Å². The Hall–Kier alpha value is -3.24. The number of phenols is 1. The Morgan fingerprint density at radius 2 is 1.91 bits per heavy atom. The number of rotatable bonds is 8. The van der Waals surface area contributed by atoms with Gasteiger partial charge in [-0.2, -0.15) is 31.4 Å². The van der Waals surface area contributed by atoms with Crippen LogP contribution in [0.25, 0.3) is 16.8 Å². The van der Waals surface area contributed by atoms with E-state index >= 15 is 0 Å². The number of aromatic hydroxyl groups is 1. The molecule has 11 heteroatoms. The van der Waals surface area contributed by atoms with Gasteiger partial charge in [0, 0.05) is 30.0 Å². The van der Waals surface area contributed by atoms with E-state index in [0.29, 0.717) is 6.42 Å². The summed E-state index contributed by atoms with van der Waals surface area (Å²) >= 11 is 0. The van der Waals surface area contributed by atoms with Crippen molar-refractivity contribution in [2.75, 3.05) is 6.61 Å². The van der Waals surface area contributed by atoms with Gasteiger partial charge in [0.25, 0.3) is 0 Å². The molecule has 0 bridgehead atoms. The highest BCUT2D eigenvalue weighted by Gasteiger charge is 2.35. The van der Waals surface area contributed by atoms with E-state index in [4.69, 9.17) is 4.74 Å². The average molecular weight is 475 g/mol. The number of hydrogen-bond donors (Lipinski definition) is 1. The fourth-order valence-electron chi connectivity index (χ4n) is 2.95. The van der Waals surface area contributed by atoms with Crippen molar-refractivity contribution in [3.63, 3.8) is 0 Å². The van der Waals surface area contributed by atoms with E-state index in [1.807, 2.05) is 6.92 Å². The molecule has 0 unspecified atom stereocenters. The first-order valence-electron chi connectivity index (χ1n) is 9.83. The number of allylic oxidation sites excluding steroid dienone is 3. The first-order chi connectivity index (χ1) is 15.3. The Morgan fingerprint density at radius 1 is 1.24 bits per heavy atom. The third-order valence-corrected chi connectivity index (χ3v) is 4.68. The number of nitrogens with zero attached hydrogens (tertiary/aromatic N) is 3. The molecule has 0 aliphatic rings. The molecule has 0 saturated carbocycles. The van der Waals surface area contributed by atoms with Crippen LogP contribution in [0.5, 0.6) is 11.5 Å². The number of halogens is 6. The smallest absolute Gasteiger partial charge is 0.435 e. The van der Waals surface area contributed by atoms with Gasteiger partial charge < -0.3 is 9.84 Å². The van der Waals surface area contributed by atoms with Gasteiger partial charge in [-0.25, -0.2) is 0 Å². The van der Waals surface area contributed by atoms with Gasteiger partial charge in [0.05, 0.1) is 17.9 Å². The predicted octanol–water partition coefficient (Wildman–Crippen LogP) is 6.54. The van der Waals surface area contributed by atoms with Crippen LogP contribution in [0.3, 0.4) is 0 Å². The molecule has 0 aliphatic heterocycles. The maximum atomic E-state index is 13.2. The summed E-state index contributed by atoms with van der Waals surface area (Å²) in [6.07, 6.45) is -6.20. The summed E-state index contributed by atoms with van der Waals surface area (Å²) in [6.45, 7) is 6.22. The van der Waals surface area contributed by atoms with Crippen LogP contribution in [0.15, 0.2) is 41.0 Å². The summed E-state index contributed by atoms with van der Waals surface area (Å²) < 4.78 is 85.4. The van der Waals surface area contributed by atoms with Crippen molar-refractivity contribution in [2.24, 2.45) is 12.0 Å². The minimum absolute atomic E-state index is 0.0454. The minimum atomic E-state index is -4.72. The summed E-state index contributed by atoms with van der Waals surface area (Å²) in [5.41, 5.74) is -2.67. The average Bonchev–Trinajstić information content (AvgIpc) is 3.09. The molecular weight excluding hydrogens is 452 g/mol. The van der Waals surface area contributed by atoms with Gasteiger partial charge in [-0.15, -0.1) is 0 Å². The molecule has 1 N–H and O–H groups in total.